The van der Waals surface area contributed by atoms with Crippen LogP contribution >= 0.6 is 0 Å². The number of hydrogen-bond acceptors (Lipinski definition) is 14. The van der Waals surface area contributed by atoms with Crippen molar-refractivity contribution in [3.8, 4) is 0 Å². The van der Waals surface area contributed by atoms with Gasteiger partial charge in [0, 0.05) is 64.4 Å². The summed E-state index contributed by atoms with van der Waals surface area (Å²) in [5, 5.41) is 5.96. The fourth-order valence-corrected chi connectivity index (χ4v) is 12.0. The van der Waals surface area contributed by atoms with Crippen LogP contribution in [-0.4, -0.2) is 170 Å². The van der Waals surface area contributed by atoms with E-state index in [0.717, 1.165) is 16.0 Å². The number of amides is 8. The molecule has 2 aliphatic rings. The molecule has 0 aromatic heterocycles. The van der Waals surface area contributed by atoms with Gasteiger partial charge in [-0.2, -0.15) is 8.42 Å². The van der Waals surface area contributed by atoms with E-state index in [4.69, 9.17) is 9.47 Å². The van der Waals surface area contributed by atoms with Crippen LogP contribution in [0.3, 0.4) is 0 Å². The molecule has 2 heterocycles. The van der Waals surface area contributed by atoms with Crippen molar-refractivity contribution in [3.63, 3.8) is 0 Å². The average molecular weight is 1170 g/mol. The second-order valence-corrected chi connectivity index (χ2v) is 24.2. The zero-order valence-corrected chi connectivity index (χ0v) is 50.9. The first-order chi connectivity index (χ1) is 38.8. The van der Waals surface area contributed by atoms with Crippen molar-refractivity contribution in [1.82, 2.24) is 41.1 Å². The van der Waals surface area contributed by atoms with Gasteiger partial charge in [0.05, 0.1) is 47.6 Å². The highest BCUT2D eigenvalue weighted by Gasteiger charge is 2.44. The van der Waals surface area contributed by atoms with Gasteiger partial charge in [-0.05, 0) is 113 Å². The van der Waals surface area contributed by atoms with E-state index in [9.17, 15) is 51.3 Å². The number of benzene rings is 2. The molecule has 0 unspecified atom stereocenters. The molecule has 0 aliphatic carbocycles. The van der Waals surface area contributed by atoms with Gasteiger partial charge in [0.1, 0.15) is 0 Å². The summed E-state index contributed by atoms with van der Waals surface area (Å²) >= 11 is 0. The molecular weight excluding hydrogens is 1070 g/mol. The van der Waals surface area contributed by atoms with Crippen LogP contribution in [-0.2, 0) is 70.8 Å². The third-order valence-electron chi connectivity index (χ3n) is 16.0. The molecule has 1 fully saturated rings. The number of methoxy groups -OCH3 is 2. The molecule has 0 radical (unpaired) electrons. The van der Waals surface area contributed by atoms with Crippen LogP contribution in [0.4, 0.5) is 0 Å². The molecular formula is C60H92N8O13S. The number of likely N-dealkylation sites (tertiary alicyclic amines) is 1. The summed E-state index contributed by atoms with van der Waals surface area (Å²) < 4.78 is 45.0. The number of hydrazine groups is 1. The lowest BCUT2D eigenvalue weighted by Gasteiger charge is -2.43. The highest BCUT2D eigenvalue weighted by atomic mass is 32.2. The molecule has 456 valence electrons. The summed E-state index contributed by atoms with van der Waals surface area (Å²) in [5.74, 6) is -4.05. The van der Waals surface area contributed by atoms with Gasteiger partial charge in [-0.25, -0.2) is 0 Å². The number of imide groups is 2. The van der Waals surface area contributed by atoms with E-state index in [2.05, 4.69) is 21.5 Å². The van der Waals surface area contributed by atoms with E-state index in [0.29, 0.717) is 77.3 Å². The Morgan fingerprint density at radius 1 is 0.756 bits per heavy atom. The maximum atomic E-state index is 14.6. The van der Waals surface area contributed by atoms with Crippen LogP contribution in [0.25, 0.3) is 0 Å². The van der Waals surface area contributed by atoms with Crippen molar-refractivity contribution in [1.29, 1.82) is 0 Å². The Bertz CT molecular complexity index is 2570. The molecule has 8 amide bonds. The van der Waals surface area contributed by atoms with Crippen LogP contribution in [0.15, 0.2) is 71.6 Å². The summed E-state index contributed by atoms with van der Waals surface area (Å²) in [5.41, 5.74) is 6.71. The standard InChI is InChI=1S/C60H92N8O13S/c1-12-41(6)56(66(9)55(40(4)5)60(76)62-59(75)54(39(2)3)65(8)34-20-25-50(70)64-63-49(69)24-17-14-18-35-68-51(71)32-33-52(68)72)48(80-10)38-53(73)67-36-19-23-47(67)57(81-11)42(7)58(74)61-45(37-44-21-15-13-16-22-44)29-26-43-27-30-46(31-28-43)82(77,78)79/h13,15-16,21-22,27-28,30-33,39-42,45,47-48,54-57H,12,14,17-20,23-26,29,34-38H2,1-11H3,(H,61,74)(H,63,69)(H,64,70)(H,62,75,76)(H,77,78,79)/t41-,42+,45+,47-,48+,54-,55-,56-,57+/m0/s1. The van der Waals surface area contributed by atoms with Gasteiger partial charge in [0.25, 0.3) is 21.9 Å². The monoisotopic (exact) mass is 1160 g/mol. The van der Waals surface area contributed by atoms with Gasteiger partial charge in [-0.1, -0.05) is 104 Å². The largest absolute Gasteiger partial charge is 0.379 e. The minimum absolute atomic E-state index is 0.0171. The number of hydrogen-bond donors (Lipinski definition) is 5. The van der Waals surface area contributed by atoms with Gasteiger partial charge in [0.2, 0.25) is 35.4 Å². The van der Waals surface area contributed by atoms with E-state index in [1.165, 1.54) is 24.3 Å². The van der Waals surface area contributed by atoms with E-state index >= 15 is 0 Å². The van der Waals surface area contributed by atoms with Gasteiger partial charge in [0.15, 0.2) is 0 Å². The molecule has 21 nitrogen and oxygen atoms in total. The van der Waals surface area contributed by atoms with Gasteiger partial charge < -0.3 is 19.7 Å². The zero-order chi connectivity index (χ0) is 60.8. The summed E-state index contributed by atoms with van der Waals surface area (Å²) in [7, 11) is 2.35. The first-order valence-electron chi connectivity index (χ1n) is 29.0. The molecule has 5 N–H and O–H groups in total. The number of nitrogens with one attached hydrogen (secondary N) is 4. The Labute approximate surface area is 486 Å². The lowest BCUT2D eigenvalue weighted by molar-refractivity contribution is -0.144. The molecule has 0 saturated carbocycles. The normalized spacial score (nSPS) is 17.6. The summed E-state index contributed by atoms with van der Waals surface area (Å²) in [6, 6.07) is 13.1. The Morgan fingerprint density at radius 3 is 1.91 bits per heavy atom. The Hall–Kier alpha value is -5.91. The summed E-state index contributed by atoms with van der Waals surface area (Å²) in [6.45, 7) is 14.5. The van der Waals surface area contributed by atoms with Crippen LogP contribution in [0.2, 0.25) is 0 Å². The topological polar surface area (TPSA) is 270 Å². The smallest absolute Gasteiger partial charge is 0.294 e. The van der Waals surface area contributed by atoms with Crippen molar-refractivity contribution in [3.05, 3.63) is 77.9 Å². The molecule has 82 heavy (non-hydrogen) atoms. The zero-order valence-electron chi connectivity index (χ0n) is 50.1. The molecule has 0 bridgehead atoms. The Balaban J connectivity index is 1.36. The van der Waals surface area contributed by atoms with E-state index < -0.39 is 70.1 Å². The first kappa shape index (κ1) is 68.6. The molecule has 2 aromatic carbocycles. The maximum absolute atomic E-state index is 14.6. The van der Waals surface area contributed by atoms with Crippen molar-refractivity contribution < 1.29 is 60.8 Å². The number of rotatable bonds is 34. The second-order valence-electron chi connectivity index (χ2n) is 22.7. The van der Waals surface area contributed by atoms with Crippen LogP contribution in [0.1, 0.15) is 130 Å². The number of likely N-dealkylation sites (N-methyl/N-ethyl adjacent to an activating group) is 2. The Kier molecular flexibility index (Phi) is 27.9. The van der Waals surface area contributed by atoms with Crippen LogP contribution in [0, 0.1) is 23.7 Å². The number of nitrogens with zero attached hydrogens (tertiary/aromatic N) is 4. The quantitative estimate of drug-likeness (QED) is 0.0266. The van der Waals surface area contributed by atoms with Crippen LogP contribution in [0.5, 0.6) is 0 Å². The third kappa shape index (κ3) is 20.5. The summed E-state index contributed by atoms with van der Waals surface area (Å²) in [6.07, 6.45) is 7.00. The van der Waals surface area contributed by atoms with Gasteiger partial charge in [-0.3, -0.25) is 73.8 Å². The fraction of sp³-hybridized carbons (Fsp3) is 0.633. The average Bonchev–Trinajstić information content (AvgIpc) is 4.19. The number of unbranched alkanes of at least 4 members (excludes halogenated alkanes) is 2. The molecule has 22 heteroatoms. The molecule has 2 aliphatic heterocycles. The van der Waals surface area contributed by atoms with Crippen LogP contribution < -0.4 is 21.5 Å². The summed E-state index contributed by atoms with van der Waals surface area (Å²) in [4.78, 5) is 112. The van der Waals surface area contributed by atoms with E-state index in [1.54, 1.807) is 50.1 Å². The second kappa shape index (κ2) is 33.4. The highest BCUT2D eigenvalue weighted by molar-refractivity contribution is 7.85. The predicted molar refractivity (Wildman–Crippen MR) is 311 cm³/mol. The number of ether oxygens (including phenoxy) is 2. The van der Waals surface area contributed by atoms with E-state index in [-0.39, 0.29) is 84.0 Å². The third-order valence-corrected chi connectivity index (χ3v) is 16.9. The number of carbonyl (C=O) groups excluding carboxylic acids is 8. The van der Waals surface area contributed by atoms with Gasteiger partial charge in [-0.15, -0.1) is 0 Å². The predicted octanol–water partition coefficient (Wildman–Crippen LogP) is 5.02. The molecule has 9 atom stereocenters. The maximum Gasteiger partial charge on any atom is 0.294 e. The first-order valence-corrected chi connectivity index (χ1v) is 30.4. The molecule has 1 saturated heterocycles. The van der Waals surface area contributed by atoms with Crippen molar-refractivity contribution in [2.24, 2.45) is 23.7 Å². The number of aryl methyl sites for hydroxylation is 1. The van der Waals surface area contributed by atoms with E-state index in [1.807, 2.05) is 83.8 Å². The minimum Gasteiger partial charge on any atom is -0.379 e. The molecule has 4 rings (SSSR count). The Morgan fingerprint density at radius 2 is 1.35 bits per heavy atom. The minimum atomic E-state index is -4.34. The lowest BCUT2D eigenvalue weighted by atomic mass is 9.87. The molecule has 2 aromatic rings. The van der Waals surface area contributed by atoms with Crippen molar-refractivity contribution >= 4 is 57.4 Å². The highest BCUT2D eigenvalue weighted by Crippen LogP contribution is 2.31. The van der Waals surface area contributed by atoms with Gasteiger partial charge >= 0.3 is 0 Å². The molecule has 0 spiro atoms. The SMILES string of the molecule is CC[C@H](C)[C@@H]([C@@H](CC(=O)N1CCC[C@H]1[C@H](OC)[C@@H](C)C(=O)N[C@H](CCc1ccc(S(=O)(=O)O)cc1)Cc1ccccc1)OC)N(C)[C@H](C(=O)NC(=O)[C@H](C(C)C)N(C)CCCC(=O)NNC(=O)CCCCCN1C(=O)C=CC1=O)C(C)C. The van der Waals surface area contributed by atoms with Crippen molar-refractivity contribution in [2.75, 3.05) is 47.9 Å². The van der Waals surface area contributed by atoms with Crippen molar-refractivity contribution in [2.45, 2.75) is 179 Å². The lowest BCUT2D eigenvalue weighted by Crippen LogP contribution is -2.60. The number of carbonyl (C=O) groups is 8. The fourth-order valence-electron chi connectivity index (χ4n) is 11.5.